The average Bonchev–Trinajstić information content (AvgIpc) is 3.29. The Balaban J connectivity index is 1.54. The van der Waals surface area contributed by atoms with Gasteiger partial charge < -0.3 is 19.8 Å². The molecule has 2 N–H and O–H groups in total. The first-order valence-electron chi connectivity index (χ1n) is 9.04. The quantitative estimate of drug-likeness (QED) is 0.468. The molecule has 0 radical (unpaired) electrons. The fourth-order valence-corrected chi connectivity index (χ4v) is 2.90. The zero-order chi connectivity index (χ0) is 20.1. The van der Waals surface area contributed by atoms with Crippen molar-refractivity contribution in [3.63, 3.8) is 0 Å². The van der Waals surface area contributed by atoms with Gasteiger partial charge in [0.2, 0.25) is 0 Å². The minimum atomic E-state index is -0.290. The maximum absolute atomic E-state index is 12.2. The fourth-order valence-electron chi connectivity index (χ4n) is 2.90. The van der Waals surface area contributed by atoms with Gasteiger partial charge in [0.15, 0.2) is 5.76 Å². The van der Waals surface area contributed by atoms with Crippen LogP contribution in [0, 0.1) is 0 Å². The number of amides is 1. The number of benzene rings is 2. The molecule has 144 valence electrons. The molecule has 29 heavy (non-hydrogen) atoms. The Kier molecular flexibility index (Phi) is 5.25. The summed E-state index contributed by atoms with van der Waals surface area (Å²) >= 11 is 0. The van der Waals surface area contributed by atoms with Gasteiger partial charge in [-0.25, -0.2) is 4.98 Å². The van der Waals surface area contributed by atoms with Crippen molar-refractivity contribution in [2.24, 2.45) is 0 Å². The van der Waals surface area contributed by atoms with Crippen LogP contribution in [0.5, 0.6) is 5.75 Å². The smallest absolute Gasteiger partial charge is 0.291 e. The van der Waals surface area contributed by atoms with E-state index in [9.17, 15) is 4.79 Å². The van der Waals surface area contributed by atoms with Crippen LogP contribution in [0.25, 0.3) is 11.1 Å². The zero-order valence-electron chi connectivity index (χ0n) is 15.8. The molecule has 0 saturated heterocycles. The third kappa shape index (κ3) is 4.44. The molecule has 6 nitrogen and oxygen atoms in total. The minimum Gasteiger partial charge on any atom is -0.497 e. The second-order valence-corrected chi connectivity index (χ2v) is 6.30. The van der Waals surface area contributed by atoms with Crippen LogP contribution >= 0.6 is 0 Å². The maximum atomic E-state index is 12.2. The highest BCUT2D eigenvalue weighted by Gasteiger charge is 2.09. The van der Waals surface area contributed by atoms with E-state index in [0.29, 0.717) is 11.5 Å². The number of nitrogens with one attached hydrogen (secondary N) is 2. The molecule has 0 atom stereocenters. The van der Waals surface area contributed by atoms with Gasteiger partial charge in [0, 0.05) is 23.6 Å². The summed E-state index contributed by atoms with van der Waals surface area (Å²) < 4.78 is 10.4. The molecule has 1 amide bonds. The number of rotatable bonds is 6. The van der Waals surface area contributed by atoms with Gasteiger partial charge in [0.05, 0.1) is 13.4 Å². The lowest BCUT2D eigenvalue weighted by Gasteiger charge is -2.10. The predicted octanol–water partition coefficient (Wildman–Crippen LogP) is 5.35. The molecule has 0 spiro atoms. The summed E-state index contributed by atoms with van der Waals surface area (Å²) in [5.74, 6) is 1.46. The van der Waals surface area contributed by atoms with Crippen molar-refractivity contribution in [2.45, 2.75) is 0 Å². The average molecular weight is 385 g/mol. The Hall–Kier alpha value is -4.06. The van der Waals surface area contributed by atoms with Gasteiger partial charge in [0.1, 0.15) is 11.6 Å². The summed E-state index contributed by atoms with van der Waals surface area (Å²) in [6.07, 6.45) is 3.21. The van der Waals surface area contributed by atoms with E-state index in [1.165, 1.54) is 6.26 Å². The number of aromatic nitrogens is 1. The SMILES string of the molecule is COc1cccc(Nc2cc(-c3cccc(NC(=O)c4ccco4)c3)ccn2)c1. The van der Waals surface area contributed by atoms with Crippen molar-refractivity contribution in [3.05, 3.63) is 91.0 Å². The molecule has 0 fully saturated rings. The molecule has 2 heterocycles. The Labute approximate surface area is 168 Å². The first-order valence-corrected chi connectivity index (χ1v) is 9.04. The fraction of sp³-hybridized carbons (Fsp3) is 0.0435. The normalized spacial score (nSPS) is 10.4. The van der Waals surface area contributed by atoms with Crippen molar-refractivity contribution < 1.29 is 13.9 Å². The first kappa shape index (κ1) is 18.3. The van der Waals surface area contributed by atoms with E-state index in [4.69, 9.17) is 9.15 Å². The number of methoxy groups -OCH3 is 1. The van der Waals surface area contributed by atoms with Crippen LogP contribution in [0.1, 0.15) is 10.6 Å². The monoisotopic (exact) mass is 385 g/mol. The van der Waals surface area contributed by atoms with Gasteiger partial charge in [-0.2, -0.15) is 0 Å². The summed E-state index contributed by atoms with van der Waals surface area (Å²) in [6, 6.07) is 22.4. The third-order valence-electron chi connectivity index (χ3n) is 4.30. The summed E-state index contributed by atoms with van der Waals surface area (Å²) in [5, 5.41) is 6.12. The van der Waals surface area contributed by atoms with Gasteiger partial charge in [-0.15, -0.1) is 0 Å². The van der Waals surface area contributed by atoms with Gasteiger partial charge in [-0.05, 0) is 59.7 Å². The van der Waals surface area contributed by atoms with Crippen molar-refractivity contribution in [3.8, 4) is 16.9 Å². The van der Waals surface area contributed by atoms with Crippen LogP contribution in [-0.4, -0.2) is 18.0 Å². The molecule has 0 aliphatic carbocycles. The van der Waals surface area contributed by atoms with Gasteiger partial charge in [-0.3, -0.25) is 4.79 Å². The van der Waals surface area contributed by atoms with Crippen LogP contribution < -0.4 is 15.4 Å². The second-order valence-electron chi connectivity index (χ2n) is 6.30. The molecule has 0 bridgehead atoms. The highest BCUT2D eigenvalue weighted by Crippen LogP contribution is 2.26. The predicted molar refractivity (Wildman–Crippen MR) is 113 cm³/mol. The molecule has 2 aromatic carbocycles. The van der Waals surface area contributed by atoms with Crippen molar-refractivity contribution in [1.29, 1.82) is 0 Å². The lowest BCUT2D eigenvalue weighted by atomic mass is 10.1. The van der Waals surface area contributed by atoms with E-state index in [0.717, 1.165) is 22.6 Å². The highest BCUT2D eigenvalue weighted by molar-refractivity contribution is 6.02. The molecule has 4 aromatic rings. The second kappa shape index (κ2) is 8.31. The highest BCUT2D eigenvalue weighted by atomic mass is 16.5. The summed E-state index contributed by atoms with van der Waals surface area (Å²) in [4.78, 5) is 16.6. The number of hydrogen-bond acceptors (Lipinski definition) is 5. The number of carbonyl (C=O) groups is 1. The van der Waals surface area contributed by atoms with Crippen molar-refractivity contribution in [2.75, 3.05) is 17.7 Å². The molecule has 0 saturated carbocycles. The number of nitrogens with zero attached hydrogens (tertiary/aromatic N) is 1. The number of ether oxygens (including phenoxy) is 1. The van der Waals surface area contributed by atoms with E-state index in [2.05, 4.69) is 15.6 Å². The molecule has 0 unspecified atom stereocenters. The van der Waals surface area contributed by atoms with Crippen LogP contribution in [0.4, 0.5) is 17.2 Å². The molecule has 6 heteroatoms. The lowest BCUT2D eigenvalue weighted by molar-refractivity contribution is 0.0996. The van der Waals surface area contributed by atoms with E-state index >= 15 is 0 Å². The maximum Gasteiger partial charge on any atom is 0.291 e. The minimum absolute atomic E-state index is 0.268. The molecule has 0 aliphatic heterocycles. The molecule has 2 aromatic heterocycles. The van der Waals surface area contributed by atoms with Crippen LogP contribution in [0.2, 0.25) is 0 Å². The Morgan fingerprint density at radius 2 is 1.76 bits per heavy atom. The first-order chi connectivity index (χ1) is 14.2. The number of furan rings is 1. The third-order valence-corrected chi connectivity index (χ3v) is 4.30. The van der Waals surface area contributed by atoms with Crippen LogP contribution in [0.15, 0.2) is 89.7 Å². The number of pyridine rings is 1. The summed E-state index contributed by atoms with van der Waals surface area (Å²) in [5.41, 5.74) is 3.49. The molecular weight excluding hydrogens is 366 g/mol. The molecular formula is C23H19N3O3. The van der Waals surface area contributed by atoms with E-state index in [1.807, 2.05) is 60.7 Å². The molecule has 4 rings (SSSR count). The van der Waals surface area contributed by atoms with Crippen molar-refractivity contribution in [1.82, 2.24) is 4.98 Å². The Morgan fingerprint density at radius 1 is 0.931 bits per heavy atom. The number of hydrogen-bond donors (Lipinski definition) is 2. The van der Waals surface area contributed by atoms with Crippen LogP contribution in [-0.2, 0) is 0 Å². The topological polar surface area (TPSA) is 76.4 Å². The number of anilines is 3. The van der Waals surface area contributed by atoms with E-state index in [-0.39, 0.29) is 11.7 Å². The van der Waals surface area contributed by atoms with E-state index < -0.39 is 0 Å². The standard InChI is InChI=1S/C23H19N3O3/c1-28-20-8-3-7-19(15-20)25-22-14-17(10-11-24-22)16-5-2-6-18(13-16)26-23(27)21-9-4-12-29-21/h2-15H,1H3,(H,24,25)(H,26,27). The largest absolute Gasteiger partial charge is 0.497 e. The number of carbonyl (C=O) groups excluding carboxylic acids is 1. The lowest BCUT2D eigenvalue weighted by Crippen LogP contribution is -2.10. The van der Waals surface area contributed by atoms with Crippen LogP contribution in [0.3, 0.4) is 0 Å². The van der Waals surface area contributed by atoms with Gasteiger partial charge in [0.25, 0.3) is 5.91 Å². The van der Waals surface area contributed by atoms with Gasteiger partial charge >= 0.3 is 0 Å². The Bertz CT molecular complexity index is 1120. The van der Waals surface area contributed by atoms with Gasteiger partial charge in [-0.1, -0.05) is 18.2 Å². The van der Waals surface area contributed by atoms with Crippen molar-refractivity contribution >= 4 is 23.1 Å². The Morgan fingerprint density at radius 3 is 2.59 bits per heavy atom. The molecule has 0 aliphatic rings. The zero-order valence-corrected chi connectivity index (χ0v) is 15.8. The summed E-state index contributed by atoms with van der Waals surface area (Å²) in [6.45, 7) is 0. The van der Waals surface area contributed by atoms with E-state index in [1.54, 1.807) is 25.4 Å². The summed E-state index contributed by atoms with van der Waals surface area (Å²) in [7, 11) is 1.63.